The molecule has 1 N–H and O–H groups in total. The second-order valence-electron chi connectivity index (χ2n) is 6.67. The van der Waals surface area contributed by atoms with Gasteiger partial charge in [-0.15, -0.1) is 0 Å². The van der Waals surface area contributed by atoms with Gasteiger partial charge in [-0.25, -0.2) is 0 Å². The summed E-state index contributed by atoms with van der Waals surface area (Å²) in [6.07, 6.45) is 4.53. The quantitative estimate of drug-likeness (QED) is 0.526. The Hall–Kier alpha value is -2.20. The fourth-order valence-electron chi connectivity index (χ4n) is 3.19. The van der Waals surface area contributed by atoms with Crippen molar-refractivity contribution in [2.75, 3.05) is 6.54 Å². The molecule has 138 valence electrons. The Morgan fingerprint density at radius 2 is 2.04 bits per heavy atom. The first kappa shape index (κ1) is 18.6. The van der Waals surface area contributed by atoms with Crippen LogP contribution < -0.4 is 5.32 Å². The standard InChI is InChI=1S/C21H25ClN2O2/c1-3-4-5-6-10-23-21(25)19-13-20-18(11-15(2)26-20)24(19)14-16-8-7-9-17(22)12-16/h7-9,11-13H,3-6,10,14H2,1-2H3,(H,23,25). The third-order valence-electron chi connectivity index (χ3n) is 4.49. The van der Waals surface area contributed by atoms with Gasteiger partial charge in [0.25, 0.3) is 5.91 Å². The van der Waals surface area contributed by atoms with Gasteiger partial charge in [0.15, 0.2) is 5.58 Å². The van der Waals surface area contributed by atoms with Gasteiger partial charge >= 0.3 is 0 Å². The van der Waals surface area contributed by atoms with Crippen LogP contribution in [0.2, 0.25) is 5.02 Å². The van der Waals surface area contributed by atoms with Crippen molar-refractivity contribution in [3.05, 3.63) is 58.4 Å². The highest BCUT2D eigenvalue weighted by Gasteiger charge is 2.18. The van der Waals surface area contributed by atoms with E-state index in [0.29, 0.717) is 23.8 Å². The fourth-order valence-corrected chi connectivity index (χ4v) is 3.40. The van der Waals surface area contributed by atoms with E-state index in [9.17, 15) is 4.79 Å². The molecule has 26 heavy (non-hydrogen) atoms. The summed E-state index contributed by atoms with van der Waals surface area (Å²) in [4.78, 5) is 12.7. The lowest BCUT2D eigenvalue weighted by Crippen LogP contribution is -2.27. The summed E-state index contributed by atoms with van der Waals surface area (Å²) in [7, 11) is 0. The van der Waals surface area contributed by atoms with Gasteiger partial charge in [-0.1, -0.05) is 49.9 Å². The Labute approximate surface area is 159 Å². The Morgan fingerprint density at radius 3 is 2.81 bits per heavy atom. The van der Waals surface area contributed by atoms with Crippen LogP contribution >= 0.6 is 11.6 Å². The van der Waals surface area contributed by atoms with Gasteiger partial charge in [-0.3, -0.25) is 4.79 Å². The zero-order chi connectivity index (χ0) is 18.5. The molecule has 0 fully saturated rings. The molecular weight excluding hydrogens is 348 g/mol. The molecule has 2 aromatic heterocycles. The molecule has 0 spiro atoms. The van der Waals surface area contributed by atoms with Crippen LogP contribution in [-0.2, 0) is 6.54 Å². The number of amides is 1. The van der Waals surface area contributed by atoms with E-state index in [-0.39, 0.29) is 5.91 Å². The molecule has 1 amide bonds. The molecule has 0 aliphatic rings. The van der Waals surface area contributed by atoms with Crippen LogP contribution in [0.15, 0.2) is 40.8 Å². The fraction of sp³-hybridized carbons (Fsp3) is 0.381. The molecule has 0 bridgehead atoms. The molecule has 0 atom stereocenters. The van der Waals surface area contributed by atoms with Crippen LogP contribution in [0, 0.1) is 6.92 Å². The van der Waals surface area contributed by atoms with E-state index < -0.39 is 0 Å². The van der Waals surface area contributed by atoms with Crippen molar-refractivity contribution in [3.8, 4) is 0 Å². The van der Waals surface area contributed by atoms with E-state index >= 15 is 0 Å². The zero-order valence-electron chi connectivity index (χ0n) is 15.3. The number of rotatable bonds is 8. The van der Waals surface area contributed by atoms with Gasteiger partial charge in [0.2, 0.25) is 0 Å². The van der Waals surface area contributed by atoms with Gasteiger partial charge in [-0.2, -0.15) is 0 Å². The highest BCUT2D eigenvalue weighted by molar-refractivity contribution is 6.30. The monoisotopic (exact) mass is 372 g/mol. The molecule has 0 aliphatic carbocycles. The summed E-state index contributed by atoms with van der Waals surface area (Å²) in [6.45, 7) is 5.36. The predicted octanol–water partition coefficient (Wildman–Crippen LogP) is 5.55. The van der Waals surface area contributed by atoms with Crippen LogP contribution in [-0.4, -0.2) is 17.0 Å². The van der Waals surface area contributed by atoms with E-state index in [0.717, 1.165) is 35.3 Å². The topological polar surface area (TPSA) is 47.2 Å². The maximum absolute atomic E-state index is 12.7. The number of aromatic nitrogens is 1. The van der Waals surface area contributed by atoms with E-state index in [4.69, 9.17) is 16.0 Å². The Balaban J connectivity index is 1.82. The van der Waals surface area contributed by atoms with Crippen molar-refractivity contribution >= 4 is 28.6 Å². The van der Waals surface area contributed by atoms with Crippen molar-refractivity contribution in [1.82, 2.24) is 9.88 Å². The minimum Gasteiger partial charge on any atom is -0.460 e. The Kier molecular flexibility index (Phi) is 6.04. The van der Waals surface area contributed by atoms with E-state index in [1.165, 1.54) is 12.8 Å². The largest absolute Gasteiger partial charge is 0.460 e. The number of halogens is 1. The summed E-state index contributed by atoms with van der Waals surface area (Å²) in [6, 6.07) is 11.5. The smallest absolute Gasteiger partial charge is 0.268 e. The average Bonchev–Trinajstić information content (AvgIpc) is 3.12. The van der Waals surface area contributed by atoms with Crippen molar-refractivity contribution in [2.24, 2.45) is 0 Å². The van der Waals surface area contributed by atoms with Gasteiger partial charge in [0, 0.05) is 30.2 Å². The van der Waals surface area contributed by atoms with Crippen LogP contribution in [0.4, 0.5) is 0 Å². The highest BCUT2D eigenvalue weighted by Crippen LogP contribution is 2.25. The number of hydrogen-bond acceptors (Lipinski definition) is 2. The first-order valence-corrected chi connectivity index (χ1v) is 9.58. The van der Waals surface area contributed by atoms with Crippen LogP contribution in [0.5, 0.6) is 0 Å². The number of furan rings is 1. The number of hydrogen-bond donors (Lipinski definition) is 1. The minimum atomic E-state index is -0.0624. The van der Waals surface area contributed by atoms with Gasteiger partial charge in [0.1, 0.15) is 11.5 Å². The molecule has 4 nitrogen and oxygen atoms in total. The molecule has 0 radical (unpaired) electrons. The van der Waals surface area contributed by atoms with Crippen LogP contribution in [0.1, 0.15) is 54.4 Å². The van der Waals surface area contributed by atoms with Gasteiger partial charge in [-0.05, 0) is 31.0 Å². The van der Waals surface area contributed by atoms with E-state index in [1.54, 1.807) is 0 Å². The maximum atomic E-state index is 12.7. The molecule has 0 unspecified atom stereocenters. The molecule has 1 aromatic carbocycles. The SMILES string of the molecule is CCCCCCNC(=O)c1cc2oc(C)cc2n1Cc1cccc(Cl)c1. The third kappa shape index (κ3) is 4.31. The number of unbranched alkanes of at least 4 members (excludes halogenated alkanes) is 3. The van der Waals surface area contributed by atoms with Crippen molar-refractivity contribution in [3.63, 3.8) is 0 Å². The second kappa shape index (κ2) is 8.45. The highest BCUT2D eigenvalue weighted by atomic mass is 35.5. The van der Waals surface area contributed by atoms with Crippen LogP contribution in [0.25, 0.3) is 11.1 Å². The summed E-state index contributed by atoms with van der Waals surface area (Å²) in [5, 5.41) is 3.72. The molecule has 3 rings (SSSR count). The lowest BCUT2D eigenvalue weighted by Gasteiger charge is -2.11. The first-order chi connectivity index (χ1) is 12.6. The lowest BCUT2D eigenvalue weighted by molar-refractivity contribution is 0.0944. The van der Waals surface area contributed by atoms with Gasteiger partial charge < -0.3 is 14.3 Å². The maximum Gasteiger partial charge on any atom is 0.268 e. The zero-order valence-corrected chi connectivity index (χ0v) is 16.1. The van der Waals surface area contributed by atoms with E-state index in [2.05, 4.69) is 12.2 Å². The third-order valence-corrected chi connectivity index (χ3v) is 4.73. The van der Waals surface area contributed by atoms with Crippen LogP contribution in [0.3, 0.4) is 0 Å². The molecule has 0 saturated carbocycles. The average molecular weight is 373 g/mol. The molecule has 0 saturated heterocycles. The minimum absolute atomic E-state index is 0.0624. The number of aryl methyl sites for hydroxylation is 1. The molecule has 3 aromatic rings. The number of fused-ring (bicyclic) bond motifs is 1. The van der Waals surface area contributed by atoms with E-state index in [1.807, 2.05) is 47.9 Å². The first-order valence-electron chi connectivity index (χ1n) is 9.21. The van der Waals surface area contributed by atoms with Crippen molar-refractivity contribution < 1.29 is 9.21 Å². The number of carbonyl (C=O) groups is 1. The summed E-state index contributed by atoms with van der Waals surface area (Å²) < 4.78 is 7.73. The summed E-state index contributed by atoms with van der Waals surface area (Å²) in [5.41, 5.74) is 3.33. The molecular formula is C21H25ClN2O2. The molecule has 2 heterocycles. The normalized spacial score (nSPS) is 11.2. The van der Waals surface area contributed by atoms with Gasteiger partial charge in [0.05, 0.1) is 5.52 Å². The van der Waals surface area contributed by atoms with Crippen molar-refractivity contribution in [1.29, 1.82) is 0 Å². The molecule has 5 heteroatoms. The van der Waals surface area contributed by atoms with Crippen molar-refractivity contribution in [2.45, 2.75) is 46.1 Å². The predicted molar refractivity (Wildman–Crippen MR) is 106 cm³/mol. The lowest BCUT2D eigenvalue weighted by atomic mass is 10.2. The summed E-state index contributed by atoms with van der Waals surface area (Å²) >= 11 is 6.11. The number of nitrogens with one attached hydrogen (secondary N) is 1. The number of carbonyl (C=O) groups excluding carboxylic acids is 1. The number of nitrogens with zero attached hydrogens (tertiary/aromatic N) is 1. The Bertz CT molecular complexity index is 895. The molecule has 0 aliphatic heterocycles. The second-order valence-corrected chi connectivity index (χ2v) is 7.11. The number of benzene rings is 1. The Morgan fingerprint density at radius 1 is 1.19 bits per heavy atom. The summed E-state index contributed by atoms with van der Waals surface area (Å²) in [5.74, 6) is 0.772.